The van der Waals surface area contributed by atoms with Crippen molar-refractivity contribution in [2.45, 2.75) is 59.4 Å². The van der Waals surface area contributed by atoms with Crippen LogP contribution in [0.25, 0.3) is 17.2 Å². The van der Waals surface area contributed by atoms with E-state index in [4.69, 9.17) is 14.2 Å². The Balaban J connectivity index is 1.78. The molecule has 0 saturated carbocycles. The third kappa shape index (κ3) is 7.10. The summed E-state index contributed by atoms with van der Waals surface area (Å²) < 4.78 is 16.6. The fourth-order valence-electron chi connectivity index (χ4n) is 4.25. The zero-order chi connectivity index (χ0) is 24.3. The van der Waals surface area contributed by atoms with Crippen molar-refractivity contribution in [1.29, 1.82) is 0 Å². The Kier molecular flexibility index (Phi) is 10.0. The summed E-state index contributed by atoms with van der Waals surface area (Å²) in [6.07, 6.45) is 6.56. The van der Waals surface area contributed by atoms with Crippen LogP contribution in [0.4, 0.5) is 5.69 Å². The Hall–Kier alpha value is -2.79. The lowest BCUT2D eigenvalue weighted by Crippen LogP contribution is -2.27. The van der Waals surface area contributed by atoms with Crippen molar-refractivity contribution < 1.29 is 19.0 Å². The number of hydrogen-bond acceptors (Lipinski definition) is 5. The second kappa shape index (κ2) is 13.2. The second-order valence-corrected chi connectivity index (χ2v) is 8.84. The first-order valence-electron chi connectivity index (χ1n) is 12.6. The lowest BCUT2D eigenvalue weighted by Gasteiger charge is -2.26. The molecule has 2 aromatic carbocycles. The molecule has 1 aliphatic rings. The molecule has 184 valence electrons. The van der Waals surface area contributed by atoms with Crippen molar-refractivity contribution in [3.05, 3.63) is 53.6 Å². The molecule has 0 bridgehead atoms. The van der Waals surface area contributed by atoms with Crippen LogP contribution in [0.5, 0.6) is 5.75 Å². The first kappa shape index (κ1) is 25.8. The first-order chi connectivity index (χ1) is 16.5. The SMILES string of the molecule is CCCCOCCOc1ccc(-c2ccc(N3CCCC3C)c(/C=C(\C)C(=O)OCC)c2)cc1. The molecule has 0 amide bonds. The minimum Gasteiger partial charge on any atom is -0.491 e. The molecule has 1 aliphatic heterocycles. The Morgan fingerprint density at radius 1 is 1.06 bits per heavy atom. The Morgan fingerprint density at radius 2 is 1.82 bits per heavy atom. The summed E-state index contributed by atoms with van der Waals surface area (Å²) >= 11 is 0. The number of esters is 1. The summed E-state index contributed by atoms with van der Waals surface area (Å²) in [4.78, 5) is 14.7. The van der Waals surface area contributed by atoms with E-state index >= 15 is 0 Å². The van der Waals surface area contributed by atoms with Gasteiger partial charge in [0.15, 0.2) is 0 Å². The highest BCUT2D eigenvalue weighted by Crippen LogP contribution is 2.34. The van der Waals surface area contributed by atoms with E-state index in [0.29, 0.717) is 31.4 Å². The van der Waals surface area contributed by atoms with Gasteiger partial charge >= 0.3 is 5.97 Å². The van der Waals surface area contributed by atoms with Gasteiger partial charge in [-0.25, -0.2) is 4.79 Å². The Bertz CT molecular complexity index is 951. The van der Waals surface area contributed by atoms with Crippen molar-refractivity contribution in [3.63, 3.8) is 0 Å². The number of rotatable bonds is 12. The van der Waals surface area contributed by atoms with E-state index in [-0.39, 0.29) is 5.97 Å². The van der Waals surface area contributed by atoms with Crippen LogP contribution in [-0.4, -0.2) is 45.0 Å². The normalized spacial score (nSPS) is 16.1. The van der Waals surface area contributed by atoms with Crippen molar-refractivity contribution in [3.8, 4) is 16.9 Å². The summed E-state index contributed by atoms with van der Waals surface area (Å²) in [6, 6.07) is 15.1. The molecule has 1 saturated heterocycles. The maximum absolute atomic E-state index is 12.3. The Labute approximate surface area is 204 Å². The lowest BCUT2D eigenvalue weighted by molar-refractivity contribution is -0.138. The molecule has 5 nitrogen and oxygen atoms in total. The molecule has 1 fully saturated rings. The molecule has 2 aromatic rings. The van der Waals surface area contributed by atoms with E-state index < -0.39 is 0 Å². The Morgan fingerprint density at radius 3 is 2.50 bits per heavy atom. The van der Waals surface area contributed by atoms with E-state index in [9.17, 15) is 4.79 Å². The number of carbonyl (C=O) groups is 1. The third-order valence-electron chi connectivity index (χ3n) is 6.19. The number of hydrogen-bond donors (Lipinski definition) is 0. The van der Waals surface area contributed by atoms with Crippen LogP contribution in [0, 0.1) is 0 Å². The van der Waals surface area contributed by atoms with E-state index in [2.05, 4.69) is 49.1 Å². The highest BCUT2D eigenvalue weighted by atomic mass is 16.5. The highest BCUT2D eigenvalue weighted by molar-refractivity contribution is 5.94. The smallest absolute Gasteiger partial charge is 0.333 e. The van der Waals surface area contributed by atoms with Crippen molar-refractivity contribution in [2.24, 2.45) is 0 Å². The molecule has 1 atom stereocenters. The van der Waals surface area contributed by atoms with Crippen molar-refractivity contribution in [2.75, 3.05) is 37.9 Å². The molecule has 0 aliphatic carbocycles. The lowest BCUT2D eigenvalue weighted by atomic mass is 9.99. The van der Waals surface area contributed by atoms with Gasteiger partial charge in [-0.2, -0.15) is 0 Å². The van der Waals surface area contributed by atoms with Crippen LogP contribution in [0.15, 0.2) is 48.0 Å². The summed E-state index contributed by atoms with van der Waals surface area (Å²) in [5, 5.41) is 0. The molecular formula is C29H39NO4. The van der Waals surface area contributed by atoms with E-state index in [1.54, 1.807) is 0 Å². The average Bonchev–Trinajstić information content (AvgIpc) is 3.27. The van der Waals surface area contributed by atoms with Crippen LogP contribution >= 0.6 is 0 Å². The summed E-state index contributed by atoms with van der Waals surface area (Å²) in [5.41, 5.74) is 5.03. The van der Waals surface area contributed by atoms with E-state index in [1.165, 1.54) is 18.5 Å². The minimum atomic E-state index is -0.270. The minimum absolute atomic E-state index is 0.270. The van der Waals surface area contributed by atoms with Gasteiger partial charge in [0, 0.05) is 30.5 Å². The molecular weight excluding hydrogens is 426 g/mol. The number of benzene rings is 2. The van der Waals surface area contributed by atoms with Gasteiger partial charge in [-0.1, -0.05) is 31.5 Å². The first-order valence-corrected chi connectivity index (χ1v) is 12.6. The second-order valence-electron chi connectivity index (χ2n) is 8.84. The highest BCUT2D eigenvalue weighted by Gasteiger charge is 2.23. The van der Waals surface area contributed by atoms with E-state index in [0.717, 1.165) is 48.4 Å². The standard InChI is InChI=1S/C29H39NO4/c1-5-7-17-32-18-19-34-27-13-10-24(11-14-27)25-12-15-28(30-16-8-9-23(30)4)26(21-25)20-22(3)29(31)33-6-2/h10-15,20-21,23H,5-9,16-19H2,1-4H3/b22-20+. The molecule has 1 heterocycles. The van der Waals surface area contributed by atoms with Crippen LogP contribution in [0.2, 0.25) is 0 Å². The van der Waals surface area contributed by atoms with Gasteiger partial charge in [-0.15, -0.1) is 0 Å². The number of nitrogens with zero attached hydrogens (tertiary/aromatic N) is 1. The fraction of sp³-hybridized carbons (Fsp3) is 0.483. The molecule has 1 unspecified atom stereocenters. The van der Waals surface area contributed by atoms with Crippen LogP contribution in [-0.2, 0) is 14.3 Å². The monoisotopic (exact) mass is 465 g/mol. The van der Waals surface area contributed by atoms with Gasteiger partial charge in [0.2, 0.25) is 0 Å². The predicted molar refractivity (Wildman–Crippen MR) is 139 cm³/mol. The third-order valence-corrected chi connectivity index (χ3v) is 6.19. The fourth-order valence-corrected chi connectivity index (χ4v) is 4.25. The predicted octanol–water partition coefficient (Wildman–Crippen LogP) is 6.50. The molecule has 3 rings (SSSR count). The van der Waals surface area contributed by atoms with E-state index in [1.807, 2.05) is 32.1 Å². The number of anilines is 1. The topological polar surface area (TPSA) is 48.0 Å². The molecule has 5 heteroatoms. The van der Waals surface area contributed by atoms with Gasteiger partial charge in [-0.3, -0.25) is 0 Å². The van der Waals surface area contributed by atoms with Crippen LogP contribution < -0.4 is 9.64 Å². The van der Waals surface area contributed by atoms with Gasteiger partial charge in [0.05, 0.1) is 13.2 Å². The maximum Gasteiger partial charge on any atom is 0.333 e. The zero-order valence-corrected chi connectivity index (χ0v) is 21.1. The number of ether oxygens (including phenoxy) is 3. The quantitative estimate of drug-likeness (QED) is 0.203. The maximum atomic E-state index is 12.3. The molecule has 0 spiro atoms. The van der Waals surface area contributed by atoms with Gasteiger partial charge in [-0.05, 0) is 87.1 Å². The van der Waals surface area contributed by atoms with Crippen LogP contribution in [0.1, 0.15) is 58.9 Å². The van der Waals surface area contributed by atoms with Gasteiger partial charge < -0.3 is 19.1 Å². The van der Waals surface area contributed by atoms with Crippen LogP contribution in [0.3, 0.4) is 0 Å². The zero-order valence-electron chi connectivity index (χ0n) is 21.1. The molecule has 0 aromatic heterocycles. The van der Waals surface area contributed by atoms with Gasteiger partial charge in [0.1, 0.15) is 12.4 Å². The molecule has 34 heavy (non-hydrogen) atoms. The molecule has 0 radical (unpaired) electrons. The molecule has 0 N–H and O–H groups in total. The average molecular weight is 466 g/mol. The van der Waals surface area contributed by atoms with Crippen molar-refractivity contribution >= 4 is 17.7 Å². The summed E-state index contributed by atoms with van der Waals surface area (Å²) in [7, 11) is 0. The summed E-state index contributed by atoms with van der Waals surface area (Å²) in [6.45, 7) is 11.4. The summed E-state index contributed by atoms with van der Waals surface area (Å²) in [5.74, 6) is 0.567. The number of unbranched alkanes of at least 4 members (excludes halogenated alkanes) is 1. The number of carbonyl (C=O) groups excluding carboxylic acids is 1. The van der Waals surface area contributed by atoms with Crippen molar-refractivity contribution in [1.82, 2.24) is 0 Å². The van der Waals surface area contributed by atoms with Gasteiger partial charge in [0.25, 0.3) is 0 Å². The largest absolute Gasteiger partial charge is 0.491 e.